The number of aromatic nitrogens is 5. The molecule has 0 amide bonds. The van der Waals surface area contributed by atoms with E-state index in [9.17, 15) is 13.2 Å². The Balaban J connectivity index is 1.76. The fraction of sp³-hybridized carbons (Fsp3) is 0.375. The van der Waals surface area contributed by atoms with Gasteiger partial charge in [0, 0.05) is 25.5 Å². The molecule has 0 saturated carbocycles. The van der Waals surface area contributed by atoms with Crippen LogP contribution in [0, 0.1) is 0 Å². The Kier molecular flexibility index (Phi) is 4.30. The molecule has 1 aliphatic rings. The molecule has 0 radical (unpaired) electrons. The third-order valence-electron chi connectivity index (χ3n) is 4.29. The number of hydrogen-bond acceptors (Lipinski definition) is 7. The van der Waals surface area contributed by atoms with E-state index < -0.39 is 11.7 Å². The second-order valence-corrected chi connectivity index (χ2v) is 6.03. The number of alkyl halides is 3. The molecular formula is C16H15F3N6O2. The highest BCUT2D eigenvalue weighted by Crippen LogP contribution is 2.36. The number of fused-ring (bicyclic) bond motifs is 1. The van der Waals surface area contributed by atoms with Crippen LogP contribution in [0.25, 0.3) is 11.0 Å². The Labute approximate surface area is 151 Å². The molecule has 4 rings (SSSR count). The van der Waals surface area contributed by atoms with Crippen LogP contribution in [0.1, 0.15) is 24.4 Å². The Morgan fingerprint density at radius 3 is 2.70 bits per heavy atom. The first-order chi connectivity index (χ1) is 12.9. The van der Waals surface area contributed by atoms with Crippen LogP contribution < -0.4 is 10.5 Å². The minimum absolute atomic E-state index is 0.0152. The molecule has 2 N–H and O–H groups in total. The van der Waals surface area contributed by atoms with Crippen LogP contribution in [-0.2, 0) is 10.9 Å². The van der Waals surface area contributed by atoms with Crippen molar-refractivity contribution in [1.82, 2.24) is 24.7 Å². The number of nitrogens with zero attached hydrogens (tertiary/aromatic N) is 5. The highest BCUT2D eigenvalue weighted by Gasteiger charge is 2.31. The van der Waals surface area contributed by atoms with Gasteiger partial charge in [-0.2, -0.15) is 13.2 Å². The molecule has 3 aromatic rings. The zero-order valence-corrected chi connectivity index (χ0v) is 14.0. The van der Waals surface area contributed by atoms with E-state index in [-0.39, 0.29) is 23.6 Å². The lowest BCUT2D eigenvalue weighted by atomic mass is 10.1. The minimum Gasteiger partial charge on any atom is -0.418 e. The molecule has 1 aliphatic heterocycles. The SMILES string of the molecule is Nc1ncnc2c1c(Oc1cc(C(F)(F)F)ccn1)nn2C1CCOCC1. The van der Waals surface area contributed by atoms with Crippen molar-refractivity contribution >= 4 is 16.9 Å². The van der Waals surface area contributed by atoms with Crippen LogP contribution in [0.4, 0.5) is 19.0 Å². The van der Waals surface area contributed by atoms with Gasteiger partial charge in [-0.25, -0.2) is 19.6 Å². The summed E-state index contributed by atoms with van der Waals surface area (Å²) in [5, 5.41) is 4.73. The molecule has 1 saturated heterocycles. The zero-order valence-electron chi connectivity index (χ0n) is 14.0. The van der Waals surface area contributed by atoms with E-state index in [4.69, 9.17) is 15.2 Å². The van der Waals surface area contributed by atoms with Gasteiger partial charge in [-0.3, -0.25) is 0 Å². The van der Waals surface area contributed by atoms with E-state index in [1.165, 1.54) is 6.33 Å². The molecule has 8 nitrogen and oxygen atoms in total. The van der Waals surface area contributed by atoms with Crippen molar-refractivity contribution in [2.24, 2.45) is 0 Å². The van der Waals surface area contributed by atoms with Crippen molar-refractivity contribution in [3.8, 4) is 11.8 Å². The van der Waals surface area contributed by atoms with Crippen molar-refractivity contribution in [3.05, 3.63) is 30.2 Å². The molecule has 27 heavy (non-hydrogen) atoms. The van der Waals surface area contributed by atoms with E-state index in [0.29, 0.717) is 24.2 Å². The molecule has 0 aliphatic carbocycles. The van der Waals surface area contributed by atoms with E-state index in [1.807, 2.05) is 0 Å². The maximum atomic E-state index is 12.9. The highest BCUT2D eigenvalue weighted by atomic mass is 19.4. The van der Waals surface area contributed by atoms with Gasteiger partial charge in [0.05, 0.1) is 11.6 Å². The number of hydrogen-bond donors (Lipinski definition) is 1. The third-order valence-corrected chi connectivity index (χ3v) is 4.29. The summed E-state index contributed by atoms with van der Waals surface area (Å²) in [6.45, 7) is 1.16. The lowest BCUT2D eigenvalue weighted by Crippen LogP contribution is -2.20. The lowest BCUT2D eigenvalue weighted by molar-refractivity contribution is -0.137. The predicted molar refractivity (Wildman–Crippen MR) is 88.1 cm³/mol. The van der Waals surface area contributed by atoms with Gasteiger partial charge >= 0.3 is 6.18 Å². The maximum Gasteiger partial charge on any atom is 0.416 e. The topological polar surface area (TPSA) is 101 Å². The largest absolute Gasteiger partial charge is 0.418 e. The summed E-state index contributed by atoms with van der Waals surface area (Å²) in [6.07, 6.45) is -0.728. The molecule has 0 aromatic carbocycles. The van der Waals surface area contributed by atoms with E-state index in [1.54, 1.807) is 4.68 Å². The van der Waals surface area contributed by atoms with Crippen molar-refractivity contribution < 1.29 is 22.6 Å². The molecule has 1 fully saturated rings. The quantitative estimate of drug-likeness (QED) is 0.745. The van der Waals surface area contributed by atoms with E-state index in [2.05, 4.69) is 20.1 Å². The van der Waals surface area contributed by atoms with E-state index >= 15 is 0 Å². The fourth-order valence-corrected chi connectivity index (χ4v) is 2.96. The van der Waals surface area contributed by atoms with Gasteiger partial charge in [0.1, 0.15) is 17.5 Å². The Morgan fingerprint density at radius 1 is 1.19 bits per heavy atom. The summed E-state index contributed by atoms with van der Waals surface area (Å²) in [6, 6.07) is 1.69. The van der Waals surface area contributed by atoms with Gasteiger partial charge in [0.15, 0.2) is 5.65 Å². The Morgan fingerprint density at radius 2 is 1.96 bits per heavy atom. The molecule has 0 spiro atoms. The van der Waals surface area contributed by atoms with Gasteiger partial charge in [-0.1, -0.05) is 0 Å². The molecule has 4 heterocycles. The third kappa shape index (κ3) is 3.37. The Hall–Kier alpha value is -2.95. The number of anilines is 1. The van der Waals surface area contributed by atoms with Crippen LogP contribution >= 0.6 is 0 Å². The van der Waals surface area contributed by atoms with Crippen LogP contribution in [0.3, 0.4) is 0 Å². The van der Waals surface area contributed by atoms with Crippen LogP contribution in [0.5, 0.6) is 11.8 Å². The van der Waals surface area contributed by atoms with Gasteiger partial charge in [0.25, 0.3) is 5.88 Å². The van der Waals surface area contributed by atoms with E-state index in [0.717, 1.165) is 31.2 Å². The lowest BCUT2D eigenvalue weighted by Gasteiger charge is -2.22. The van der Waals surface area contributed by atoms with Crippen LogP contribution in [-0.4, -0.2) is 37.9 Å². The molecule has 0 bridgehead atoms. The predicted octanol–water partition coefficient (Wildman–Crippen LogP) is 2.97. The summed E-state index contributed by atoms with van der Waals surface area (Å²) in [5.41, 5.74) is 5.53. The van der Waals surface area contributed by atoms with Gasteiger partial charge < -0.3 is 15.2 Å². The molecule has 142 valence electrons. The number of halogens is 3. The normalized spacial score (nSPS) is 16.0. The van der Waals surface area contributed by atoms with Gasteiger partial charge in [0.2, 0.25) is 5.88 Å². The molecule has 0 atom stereocenters. The monoisotopic (exact) mass is 380 g/mol. The van der Waals surface area contributed by atoms with Crippen LogP contribution in [0.15, 0.2) is 24.7 Å². The highest BCUT2D eigenvalue weighted by molar-refractivity contribution is 5.90. The fourth-order valence-electron chi connectivity index (χ4n) is 2.96. The average Bonchev–Trinajstić information content (AvgIpc) is 3.02. The number of nitrogen functional groups attached to an aromatic ring is 1. The molecule has 0 unspecified atom stereocenters. The zero-order chi connectivity index (χ0) is 19.0. The number of pyridine rings is 1. The summed E-state index contributed by atoms with van der Waals surface area (Å²) in [4.78, 5) is 12.0. The maximum absolute atomic E-state index is 12.9. The number of nitrogens with two attached hydrogens (primary N) is 1. The minimum atomic E-state index is -4.51. The van der Waals surface area contributed by atoms with Gasteiger partial charge in [-0.05, 0) is 18.9 Å². The molecular weight excluding hydrogens is 365 g/mol. The smallest absolute Gasteiger partial charge is 0.416 e. The summed E-state index contributed by atoms with van der Waals surface area (Å²) in [7, 11) is 0. The Bertz CT molecular complexity index is 968. The van der Waals surface area contributed by atoms with Crippen molar-refractivity contribution in [2.75, 3.05) is 18.9 Å². The number of rotatable bonds is 3. The second kappa shape index (κ2) is 6.65. The summed E-state index contributed by atoms with van der Waals surface area (Å²) >= 11 is 0. The van der Waals surface area contributed by atoms with Crippen molar-refractivity contribution in [3.63, 3.8) is 0 Å². The van der Waals surface area contributed by atoms with Gasteiger partial charge in [-0.15, -0.1) is 5.10 Å². The summed E-state index contributed by atoms with van der Waals surface area (Å²) < 4.78 is 51.3. The molecule has 3 aromatic heterocycles. The first-order valence-corrected chi connectivity index (χ1v) is 8.21. The second-order valence-electron chi connectivity index (χ2n) is 6.03. The first-order valence-electron chi connectivity index (χ1n) is 8.21. The molecule has 11 heteroatoms. The standard InChI is InChI=1S/C16H15F3N6O2/c17-16(18,19)9-1-4-21-11(7-9)27-15-12-13(20)22-8-23-14(12)25(24-15)10-2-5-26-6-3-10/h1,4,7-8,10H,2-3,5-6H2,(H2,20,22,23). The first kappa shape index (κ1) is 17.5. The number of ether oxygens (including phenoxy) is 2. The van der Waals surface area contributed by atoms with Crippen molar-refractivity contribution in [1.29, 1.82) is 0 Å². The van der Waals surface area contributed by atoms with Crippen molar-refractivity contribution in [2.45, 2.75) is 25.1 Å². The summed E-state index contributed by atoms with van der Waals surface area (Å²) in [5.74, 6) is -0.103. The van der Waals surface area contributed by atoms with Crippen LogP contribution in [0.2, 0.25) is 0 Å². The average molecular weight is 380 g/mol.